The van der Waals surface area contributed by atoms with Gasteiger partial charge in [-0.25, -0.2) is 9.59 Å². The van der Waals surface area contributed by atoms with E-state index >= 15 is 0 Å². The Bertz CT molecular complexity index is 1900. The fourth-order valence-corrected chi connectivity index (χ4v) is 14.3. The third-order valence-electron chi connectivity index (χ3n) is 8.34. The molecule has 0 bridgehead atoms. The summed E-state index contributed by atoms with van der Waals surface area (Å²) in [5, 5.41) is 111. The van der Waals surface area contributed by atoms with Gasteiger partial charge in [0.2, 0.25) is 0 Å². The fourth-order valence-electron chi connectivity index (χ4n) is 5.08. The molecule has 23 nitrogen and oxygen atoms in total. The molecule has 2 rings (SSSR count). The van der Waals surface area contributed by atoms with Crippen LogP contribution >= 0.6 is 136 Å². The molecule has 0 aliphatic rings. The van der Waals surface area contributed by atoms with Crippen LogP contribution in [-0.4, -0.2) is 177 Å². The van der Waals surface area contributed by atoms with Gasteiger partial charge in [-0.2, -0.15) is 0 Å². The number of anilines is 1. The van der Waals surface area contributed by atoms with Crippen molar-refractivity contribution in [1.29, 1.82) is 0 Å². The van der Waals surface area contributed by atoms with Gasteiger partial charge >= 0.3 is 12.2 Å². The van der Waals surface area contributed by atoms with Crippen molar-refractivity contribution in [1.82, 2.24) is 26.6 Å². The first-order valence-electron chi connectivity index (χ1n) is 17.9. The molecule has 0 saturated carbocycles. The molecule has 0 aromatic heterocycles. The van der Waals surface area contributed by atoms with Crippen molar-refractivity contribution < 1.29 is 84.6 Å². The number of carbonyl (C=O) groups excluding carboxylic acids is 5. The first-order valence-corrected chi connectivity index (χ1v) is 24.3. The minimum Gasteiger partial charge on any atom is -0.465 e. The predicted octanol–water partition coefficient (Wildman–Crippen LogP) is -1.19. The van der Waals surface area contributed by atoms with Crippen molar-refractivity contribution >= 4 is 177 Å². The van der Waals surface area contributed by atoms with E-state index in [0.717, 1.165) is 0 Å². The summed E-state index contributed by atoms with van der Waals surface area (Å²) in [4.78, 5) is 80.6. The van der Waals surface area contributed by atoms with Crippen LogP contribution in [0.4, 0.5) is 15.3 Å². The lowest BCUT2D eigenvalue weighted by Crippen LogP contribution is -2.39. The van der Waals surface area contributed by atoms with Gasteiger partial charge < -0.3 is 82.4 Å². The van der Waals surface area contributed by atoms with Crippen LogP contribution in [0.25, 0.3) is 0 Å². The van der Waals surface area contributed by atoms with Gasteiger partial charge in [-0.3, -0.25) is 24.5 Å². The van der Waals surface area contributed by atoms with E-state index < -0.39 is 138 Å². The zero-order chi connectivity index (χ0) is 47.9. The second-order valence-corrected chi connectivity index (χ2v) is 19.4. The summed E-state index contributed by atoms with van der Waals surface area (Å²) in [7, 11) is 0. The molecule has 16 N–H and O–H groups in total. The van der Waals surface area contributed by atoms with Gasteiger partial charge in [-0.15, -0.1) is 0 Å². The van der Waals surface area contributed by atoms with Crippen molar-refractivity contribution in [3.63, 3.8) is 0 Å². The summed E-state index contributed by atoms with van der Waals surface area (Å²) in [6, 6.07) is 0. The molecule has 352 valence electrons. The van der Waals surface area contributed by atoms with Gasteiger partial charge in [-0.05, 0) is 136 Å². The van der Waals surface area contributed by atoms with Crippen LogP contribution < -0.4 is 31.9 Å². The summed E-state index contributed by atoms with van der Waals surface area (Å²) < 4.78 is 6.10. The minimum atomic E-state index is -1.73. The highest BCUT2D eigenvalue weighted by Gasteiger charge is 2.38. The number of rotatable bonds is 23. The molecular formula is C34H42I6N6O17. The quantitative estimate of drug-likeness (QED) is 0.0582. The average molecular weight is 1570 g/mol. The fraction of sp³-hybridized carbons (Fsp3) is 0.471. The summed E-state index contributed by atoms with van der Waals surface area (Å²) in [5.74, 6) is -4.85. The molecule has 6 atom stereocenters. The van der Waals surface area contributed by atoms with E-state index in [2.05, 4.69) is 31.9 Å². The first kappa shape index (κ1) is 58.0. The van der Waals surface area contributed by atoms with E-state index in [1.54, 1.807) is 136 Å². The number of ether oxygens (including phenoxy) is 1. The Morgan fingerprint density at radius 1 is 0.460 bits per heavy atom. The highest BCUT2D eigenvalue weighted by Crippen LogP contribution is 2.41. The van der Waals surface area contributed by atoms with E-state index in [0.29, 0.717) is 0 Å². The maximum Gasteiger partial charge on any atom is 0.412 e. The molecule has 0 heterocycles. The maximum absolute atomic E-state index is 14.2. The van der Waals surface area contributed by atoms with Crippen molar-refractivity contribution in [3.05, 3.63) is 49.2 Å². The number of aliphatic hydroxyl groups excluding tert-OH is 9. The normalized spacial score (nSPS) is 14.0. The maximum atomic E-state index is 14.2. The number of halogens is 6. The zero-order valence-electron chi connectivity index (χ0n) is 32.1. The Morgan fingerprint density at radius 2 is 0.778 bits per heavy atom. The summed E-state index contributed by atoms with van der Waals surface area (Å²) in [6.45, 7) is -6.04. The summed E-state index contributed by atoms with van der Waals surface area (Å²) in [5.41, 5.74) is -1.10. The van der Waals surface area contributed by atoms with Crippen LogP contribution in [0.5, 0.6) is 0 Å². The molecule has 6 amide bonds. The number of nitrogens with one attached hydrogen (secondary N) is 6. The second-order valence-electron chi connectivity index (χ2n) is 12.9. The van der Waals surface area contributed by atoms with Gasteiger partial charge in [0.05, 0.1) is 92.5 Å². The van der Waals surface area contributed by atoms with Crippen LogP contribution in [0.2, 0.25) is 0 Å². The van der Waals surface area contributed by atoms with E-state index in [9.17, 15) is 79.8 Å². The number of benzene rings is 2. The topological polar surface area (TPSA) is 386 Å². The molecule has 2 aromatic carbocycles. The number of carboxylic acid groups (broad SMARTS) is 1. The number of amides is 6. The van der Waals surface area contributed by atoms with Gasteiger partial charge in [0.1, 0.15) is 6.10 Å². The van der Waals surface area contributed by atoms with Gasteiger partial charge in [-0.1, -0.05) is 0 Å². The van der Waals surface area contributed by atoms with Gasteiger partial charge in [0, 0.05) is 58.5 Å². The Labute approximate surface area is 439 Å². The molecule has 0 radical (unpaired) electrons. The molecule has 6 unspecified atom stereocenters. The molecule has 2 aromatic rings. The van der Waals surface area contributed by atoms with Crippen LogP contribution in [0.1, 0.15) is 53.1 Å². The number of hydrogen-bond acceptors (Lipinski definition) is 16. The molecule has 63 heavy (non-hydrogen) atoms. The monoisotopic (exact) mass is 1570 g/mol. The molecule has 0 aliphatic carbocycles. The summed E-state index contributed by atoms with van der Waals surface area (Å²) in [6.07, 6.45) is -10.1. The van der Waals surface area contributed by atoms with E-state index in [1.165, 1.54) is 0 Å². The first-order chi connectivity index (χ1) is 29.6. The SMILES string of the molecule is O=C(O)NCC(CO)C(OC(=O)Nc1c(I)c(C(=O)NCC(O)CO)c(I)c(C(=O)NCC(O)CO)c1I)c1c(I)c(C(=O)NCC(O)CO)c(I)c(C(=O)NCC(O)CO)c1I. The molecule has 0 aliphatic heterocycles. The van der Waals surface area contributed by atoms with E-state index in [4.69, 9.17) is 4.74 Å². The largest absolute Gasteiger partial charge is 0.465 e. The highest BCUT2D eigenvalue weighted by atomic mass is 127. The van der Waals surface area contributed by atoms with Crippen molar-refractivity contribution in [3.8, 4) is 0 Å². The zero-order valence-corrected chi connectivity index (χ0v) is 45.1. The number of aliphatic hydroxyl groups is 9. The lowest BCUT2D eigenvalue weighted by atomic mass is 9.92. The predicted molar refractivity (Wildman–Crippen MR) is 270 cm³/mol. The van der Waals surface area contributed by atoms with E-state index in [1.807, 2.05) is 0 Å². The molecule has 0 fully saturated rings. The van der Waals surface area contributed by atoms with Gasteiger partial charge in [0.15, 0.2) is 0 Å². The molecule has 0 spiro atoms. The second kappa shape index (κ2) is 28.3. The smallest absolute Gasteiger partial charge is 0.412 e. The highest BCUT2D eigenvalue weighted by molar-refractivity contribution is 14.1. The van der Waals surface area contributed by atoms with E-state index in [-0.39, 0.29) is 54.9 Å². The average Bonchev–Trinajstić information content (AvgIpc) is 3.24. The van der Waals surface area contributed by atoms with Crippen LogP contribution in [0.15, 0.2) is 0 Å². The standard InChI is InChI=1S/C34H42I6N6O17/c35-21-16(22(36)18(30(57)42-3-13(53)8-49)23(37)17(21)29(56)41-2-12(52)7-48)28(11(6-47)1-45-33(60)61)63-34(62)46-27-25(39)19(31(58)43-4-14(54)9-50)24(38)20(26(27)40)32(59)44-5-15(55)10-51/h11-15,28,45,47-55H,1-10H2,(H,41,56)(H,42,57)(H,43,58)(H,44,59)(H,46,62)(H,60,61). The summed E-state index contributed by atoms with van der Waals surface area (Å²) >= 11 is 10.3. The van der Waals surface area contributed by atoms with Crippen molar-refractivity contribution in [2.24, 2.45) is 5.92 Å². The molecule has 29 heteroatoms. The van der Waals surface area contributed by atoms with Crippen LogP contribution in [0, 0.1) is 27.3 Å². The number of carbonyl (C=O) groups is 6. The Morgan fingerprint density at radius 3 is 1.06 bits per heavy atom. The molecule has 0 saturated heterocycles. The van der Waals surface area contributed by atoms with Crippen LogP contribution in [0.3, 0.4) is 0 Å². The van der Waals surface area contributed by atoms with Crippen molar-refractivity contribution in [2.75, 3.05) is 71.1 Å². The van der Waals surface area contributed by atoms with Crippen molar-refractivity contribution in [2.45, 2.75) is 30.5 Å². The Kier molecular flexibility index (Phi) is 26.0. The minimum absolute atomic E-state index is 0.0159. The Hall–Kier alpha value is -1.12. The lowest BCUT2D eigenvalue weighted by Gasteiger charge is -2.30. The lowest BCUT2D eigenvalue weighted by molar-refractivity contribution is 0.0446. The van der Waals surface area contributed by atoms with Crippen LogP contribution in [-0.2, 0) is 4.74 Å². The third kappa shape index (κ3) is 16.3. The number of hydrogen-bond donors (Lipinski definition) is 16. The third-order valence-corrected chi connectivity index (χ3v) is 14.9. The molecular weight excluding hydrogens is 1530 g/mol. The Balaban J connectivity index is 2.96. The van der Waals surface area contributed by atoms with Gasteiger partial charge in [0.25, 0.3) is 23.6 Å².